The van der Waals surface area contributed by atoms with Gasteiger partial charge in [-0.15, -0.1) is 0 Å². The van der Waals surface area contributed by atoms with Gasteiger partial charge in [0.15, 0.2) is 0 Å². The van der Waals surface area contributed by atoms with E-state index in [1.165, 1.54) is 7.11 Å². The molecule has 1 aliphatic carbocycles. The van der Waals surface area contributed by atoms with Gasteiger partial charge in [-0.2, -0.15) is 0 Å². The van der Waals surface area contributed by atoms with Crippen LogP contribution in [0.25, 0.3) is 33.6 Å². The average Bonchev–Trinajstić information content (AvgIpc) is 3.61. The molecule has 62 heavy (non-hydrogen) atoms. The van der Waals surface area contributed by atoms with E-state index in [4.69, 9.17) is 19.4 Å². The number of hydrogen-bond donors (Lipinski definition) is 4. The van der Waals surface area contributed by atoms with E-state index in [-0.39, 0.29) is 53.5 Å². The second kappa shape index (κ2) is 18.4. The van der Waals surface area contributed by atoms with Crippen molar-refractivity contribution in [2.24, 2.45) is 23.7 Å². The Bertz CT molecular complexity index is 2360. The molecule has 2 aromatic heterocycles. The molecule has 3 aromatic carbocycles. The van der Waals surface area contributed by atoms with Crippen LogP contribution in [-0.4, -0.2) is 93.5 Å². The first-order valence-corrected chi connectivity index (χ1v) is 21.6. The molecule has 0 unspecified atom stereocenters. The number of H-pyrrole nitrogens is 2. The summed E-state index contributed by atoms with van der Waals surface area (Å²) in [7, 11) is 2.94. The van der Waals surface area contributed by atoms with Gasteiger partial charge in [0.2, 0.25) is 17.7 Å². The highest BCUT2D eigenvalue weighted by Gasteiger charge is 2.43. The molecule has 324 valence electrons. The zero-order chi connectivity index (χ0) is 43.5. The lowest BCUT2D eigenvalue weighted by Crippen LogP contribution is -2.51. The van der Waals surface area contributed by atoms with Gasteiger partial charge in [-0.3, -0.25) is 14.4 Å². The minimum Gasteiger partial charge on any atom is -0.453 e. The van der Waals surface area contributed by atoms with Gasteiger partial charge < -0.3 is 39.9 Å². The lowest BCUT2D eigenvalue weighted by molar-refractivity contribution is -0.138. The molecule has 1 saturated carbocycles. The molecule has 3 fully saturated rings. The highest BCUT2D eigenvalue weighted by Crippen LogP contribution is 2.39. The van der Waals surface area contributed by atoms with Crippen LogP contribution in [0.5, 0.6) is 0 Å². The minimum atomic E-state index is -0.749. The fourth-order valence-corrected chi connectivity index (χ4v) is 8.90. The van der Waals surface area contributed by atoms with Crippen molar-refractivity contribution >= 4 is 23.8 Å². The standard InChI is InChI=1S/C48H56N8O6/c1-28(2)41(54-48(60)62-5)46(58)56-26-30(27-61-4)22-40(56)44-50-24-38(52-44)34-17-13-32(14-18-34)31-11-15-33(16-12-31)37-23-49-43(51-37)39-21-29(3)25-55(39)47(59)42(35-9-7-6-8-10-35)53-45(57)36-19-20-36/h6-18,23-24,28-30,36,39-42H,19-22,25-27H2,1-5H3,(H,49,51)(H,50,52)(H,53,57)(H,54,60)/t29-,30-,39-,40-,41-,42+/m0/s1. The summed E-state index contributed by atoms with van der Waals surface area (Å²) in [4.78, 5) is 73.3. The fraction of sp³-hybridized carbons (Fsp3) is 0.417. The Morgan fingerprint density at radius 3 is 1.81 bits per heavy atom. The summed E-state index contributed by atoms with van der Waals surface area (Å²) in [5.41, 5.74) is 6.51. The summed E-state index contributed by atoms with van der Waals surface area (Å²) in [6.07, 6.45) is 6.16. The summed E-state index contributed by atoms with van der Waals surface area (Å²) in [5, 5.41) is 5.77. The van der Waals surface area contributed by atoms with E-state index in [9.17, 15) is 19.2 Å². The number of imidazole rings is 2. The summed E-state index contributed by atoms with van der Waals surface area (Å²) >= 11 is 0. The molecule has 14 heteroatoms. The Kier molecular flexibility index (Phi) is 12.6. The van der Waals surface area contributed by atoms with Crippen molar-refractivity contribution < 1.29 is 28.7 Å². The number of rotatable bonds is 14. The molecular weight excluding hydrogens is 785 g/mol. The van der Waals surface area contributed by atoms with E-state index in [1.54, 1.807) is 18.2 Å². The summed E-state index contributed by atoms with van der Waals surface area (Å²) in [6, 6.07) is 24.0. The molecule has 2 saturated heterocycles. The molecule has 3 aliphatic rings. The van der Waals surface area contributed by atoms with E-state index >= 15 is 0 Å². The molecule has 2 aliphatic heterocycles. The van der Waals surface area contributed by atoms with Crippen LogP contribution in [-0.2, 0) is 23.9 Å². The van der Waals surface area contributed by atoms with Crippen molar-refractivity contribution in [3.05, 3.63) is 108 Å². The lowest BCUT2D eigenvalue weighted by Gasteiger charge is -2.30. The van der Waals surface area contributed by atoms with Gasteiger partial charge in [-0.25, -0.2) is 14.8 Å². The number of alkyl carbamates (subject to hydrolysis) is 1. The zero-order valence-electron chi connectivity index (χ0n) is 36.0. The van der Waals surface area contributed by atoms with Gasteiger partial charge in [0.05, 0.1) is 49.6 Å². The number of nitrogens with one attached hydrogen (secondary N) is 4. The van der Waals surface area contributed by atoms with Crippen LogP contribution in [0.15, 0.2) is 91.3 Å². The van der Waals surface area contributed by atoms with Crippen molar-refractivity contribution in [1.29, 1.82) is 0 Å². The molecule has 4 heterocycles. The Morgan fingerprint density at radius 2 is 1.27 bits per heavy atom. The number of nitrogens with zero attached hydrogens (tertiary/aromatic N) is 4. The number of hydrogen-bond acceptors (Lipinski definition) is 8. The van der Waals surface area contributed by atoms with E-state index in [0.717, 1.165) is 64.3 Å². The van der Waals surface area contributed by atoms with Crippen molar-refractivity contribution in [1.82, 2.24) is 40.4 Å². The first kappa shape index (κ1) is 42.4. The van der Waals surface area contributed by atoms with Crippen LogP contribution in [0.4, 0.5) is 4.79 Å². The Balaban J connectivity index is 0.943. The summed E-state index contributed by atoms with van der Waals surface area (Å²) < 4.78 is 10.3. The smallest absolute Gasteiger partial charge is 0.407 e. The molecule has 4 amide bonds. The fourth-order valence-electron chi connectivity index (χ4n) is 8.90. The second-order valence-electron chi connectivity index (χ2n) is 17.4. The monoisotopic (exact) mass is 840 g/mol. The highest BCUT2D eigenvalue weighted by atomic mass is 16.5. The van der Waals surface area contributed by atoms with Gasteiger partial charge in [-0.05, 0) is 65.3 Å². The molecular formula is C48H56N8O6. The molecule has 8 rings (SSSR count). The van der Waals surface area contributed by atoms with E-state index in [0.29, 0.717) is 31.9 Å². The first-order chi connectivity index (χ1) is 30.0. The summed E-state index contributed by atoms with van der Waals surface area (Å²) in [5.74, 6) is 1.31. The molecule has 14 nitrogen and oxygen atoms in total. The van der Waals surface area contributed by atoms with Gasteiger partial charge in [-0.1, -0.05) is 99.6 Å². The van der Waals surface area contributed by atoms with Gasteiger partial charge in [0.1, 0.15) is 23.7 Å². The largest absolute Gasteiger partial charge is 0.453 e. The van der Waals surface area contributed by atoms with Gasteiger partial charge in [0, 0.05) is 32.0 Å². The number of carbonyl (C=O) groups excluding carboxylic acids is 4. The third-order valence-electron chi connectivity index (χ3n) is 12.4. The molecule has 5 aromatic rings. The normalized spacial score (nSPS) is 20.9. The van der Waals surface area contributed by atoms with Gasteiger partial charge in [0.25, 0.3) is 0 Å². The van der Waals surface area contributed by atoms with E-state index < -0.39 is 18.2 Å². The zero-order valence-corrected chi connectivity index (χ0v) is 36.0. The third-order valence-corrected chi connectivity index (χ3v) is 12.4. The topological polar surface area (TPSA) is 175 Å². The molecule has 6 atom stereocenters. The van der Waals surface area contributed by atoms with Crippen LogP contribution < -0.4 is 10.6 Å². The number of aromatic nitrogens is 4. The third kappa shape index (κ3) is 9.15. The lowest BCUT2D eigenvalue weighted by atomic mass is 10.0. The maximum absolute atomic E-state index is 14.2. The van der Waals surface area contributed by atoms with Crippen LogP contribution >= 0.6 is 0 Å². The van der Waals surface area contributed by atoms with Gasteiger partial charge >= 0.3 is 6.09 Å². The molecule has 4 N–H and O–H groups in total. The maximum atomic E-state index is 14.2. The van der Waals surface area contributed by atoms with Crippen molar-refractivity contribution in [3.8, 4) is 33.6 Å². The quantitative estimate of drug-likeness (QED) is 0.0907. The van der Waals surface area contributed by atoms with Crippen molar-refractivity contribution in [3.63, 3.8) is 0 Å². The van der Waals surface area contributed by atoms with E-state index in [2.05, 4.69) is 76.1 Å². The van der Waals surface area contributed by atoms with Crippen molar-refractivity contribution in [2.45, 2.75) is 70.6 Å². The number of methoxy groups -OCH3 is 2. The van der Waals surface area contributed by atoms with Crippen LogP contribution in [0, 0.1) is 23.7 Å². The average molecular weight is 841 g/mol. The van der Waals surface area contributed by atoms with Crippen LogP contribution in [0.3, 0.4) is 0 Å². The Hall–Kier alpha value is -6.28. The van der Waals surface area contributed by atoms with Crippen LogP contribution in [0.1, 0.15) is 81.8 Å². The number of aromatic amines is 2. The molecule has 0 bridgehead atoms. The highest BCUT2D eigenvalue weighted by molar-refractivity contribution is 5.91. The first-order valence-electron chi connectivity index (χ1n) is 21.6. The Labute approximate surface area is 362 Å². The molecule has 0 radical (unpaired) electrons. The van der Waals surface area contributed by atoms with E-state index in [1.807, 2.05) is 55.3 Å². The SMILES string of the molecule is COC[C@H]1C[C@@H](c2ncc(-c3ccc(-c4ccc(-c5cnc([C@@H]6C[C@H](C)CN6C(=O)[C@H](NC(=O)C6CC6)c6ccccc6)[nH]5)cc4)cc3)[nH]2)N(C(=O)[C@@H](NC(=O)OC)C(C)C)C1. The predicted octanol–water partition coefficient (Wildman–Crippen LogP) is 7.23. The number of carbonyl (C=O) groups is 4. The number of benzene rings is 3. The second-order valence-corrected chi connectivity index (χ2v) is 17.4. The Morgan fingerprint density at radius 1 is 0.726 bits per heavy atom. The predicted molar refractivity (Wildman–Crippen MR) is 234 cm³/mol. The summed E-state index contributed by atoms with van der Waals surface area (Å²) in [6.45, 7) is 7.52. The maximum Gasteiger partial charge on any atom is 0.407 e. The molecule has 0 spiro atoms. The minimum absolute atomic E-state index is 0.00894. The number of ether oxygens (including phenoxy) is 2. The number of amides is 4. The van der Waals surface area contributed by atoms with Crippen molar-refractivity contribution in [2.75, 3.05) is 33.9 Å². The van der Waals surface area contributed by atoms with Crippen LogP contribution in [0.2, 0.25) is 0 Å². The number of likely N-dealkylation sites (tertiary alicyclic amines) is 2.